The summed E-state index contributed by atoms with van der Waals surface area (Å²) in [6.07, 6.45) is 0. The van der Waals surface area contributed by atoms with Crippen LogP contribution in [0, 0.1) is 11.8 Å². The maximum absolute atomic E-state index is 12.4. The van der Waals surface area contributed by atoms with Crippen molar-refractivity contribution < 1.29 is 8.42 Å². The predicted octanol–water partition coefficient (Wildman–Crippen LogP) is 1.01. The summed E-state index contributed by atoms with van der Waals surface area (Å²) in [4.78, 5) is 0. The first-order valence-electron chi connectivity index (χ1n) is 6.76. The first-order chi connectivity index (χ1) is 9.80. The molecule has 0 radical (unpaired) electrons. The fourth-order valence-corrected chi connectivity index (χ4v) is 3.01. The normalized spacial score (nSPS) is 11.8. The van der Waals surface area contributed by atoms with Crippen LogP contribution in [0.4, 0.5) is 0 Å². The quantitative estimate of drug-likeness (QED) is 0.826. The van der Waals surface area contributed by atoms with Gasteiger partial charge in [-0.2, -0.15) is 17.0 Å². The average molecular weight is 309 g/mol. The third kappa shape index (κ3) is 4.55. The Hall–Kier alpha value is -1.39. The minimum Gasteiger partial charge on any atom is -0.320 e. The van der Waals surface area contributed by atoms with Crippen LogP contribution in [0.1, 0.15) is 25.0 Å². The average Bonchev–Trinajstić information content (AvgIpc) is 2.45. The summed E-state index contributed by atoms with van der Waals surface area (Å²) in [5.74, 6) is 5.77. The van der Waals surface area contributed by atoms with Gasteiger partial charge in [0.15, 0.2) is 0 Å². The van der Waals surface area contributed by atoms with Crippen molar-refractivity contribution in [3.05, 3.63) is 35.4 Å². The van der Waals surface area contributed by atoms with Crippen LogP contribution in [-0.2, 0) is 16.8 Å². The summed E-state index contributed by atoms with van der Waals surface area (Å²) in [6.45, 7) is 4.23. The Bertz CT molecular complexity index is 630. The molecule has 0 aliphatic rings. The lowest BCUT2D eigenvalue weighted by atomic mass is 10.1. The van der Waals surface area contributed by atoms with Gasteiger partial charge >= 0.3 is 0 Å². The molecule has 0 amide bonds. The lowest BCUT2D eigenvalue weighted by Crippen LogP contribution is -2.42. The van der Waals surface area contributed by atoms with Crippen molar-refractivity contribution in [2.45, 2.75) is 26.4 Å². The Morgan fingerprint density at radius 3 is 2.43 bits per heavy atom. The lowest BCUT2D eigenvalue weighted by molar-refractivity contribution is 0.355. The summed E-state index contributed by atoms with van der Waals surface area (Å²) >= 11 is 0. The van der Waals surface area contributed by atoms with Gasteiger partial charge in [-0.05, 0) is 25.5 Å². The third-order valence-corrected chi connectivity index (χ3v) is 5.29. The smallest absolute Gasteiger partial charge is 0.282 e. The molecule has 0 saturated carbocycles. The Morgan fingerprint density at radius 2 is 1.86 bits per heavy atom. The Balaban J connectivity index is 3.01. The molecule has 0 heterocycles. The van der Waals surface area contributed by atoms with E-state index in [4.69, 9.17) is 5.73 Å². The lowest BCUT2D eigenvalue weighted by Gasteiger charge is -2.27. The van der Waals surface area contributed by atoms with E-state index in [2.05, 4.69) is 11.8 Å². The largest absolute Gasteiger partial charge is 0.320 e. The fraction of sp³-hybridized carbons (Fsp3) is 0.467. The first kappa shape index (κ1) is 17.7. The second-order valence-corrected chi connectivity index (χ2v) is 7.13. The van der Waals surface area contributed by atoms with Crippen LogP contribution in [0.2, 0.25) is 0 Å². The van der Waals surface area contributed by atoms with Gasteiger partial charge in [-0.25, -0.2) is 0 Å². The van der Waals surface area contributed by atoms with Crippen LogP contribution in [0.15, 0.2) is 24.3 Å². The Labute approximate surface area is 127 Å². The van der Waals surface area contributed by atoms with Crippen molar-refractivity contribution in [3.8, 4) is 11.8 Å². The molecule has 0 spiro atoms. The van der Waals surface area contributed by atoms with Crippen LogP contribution < -0.4 is 5.73 Å². The maximum atomic E-state index is 12.4. The number of hydrogen-bond donors (Lipinski definition) is 1. The summed E-state index contributed by atoms with van der Waals surface area (Å²) < 4.78 is 27.5. The molecular formula is C15H23N3O2S. The van der Waals surface area contributed by atoms with Gasteiger partial charge in [0.2, 0.25) is 0 Å². The third-order valence-electron chi connectivity index (χ3n) is 3.22. The second kappa shape index (κ2) is 7.57. The van der Waals surface area contributed by atoms with Crippen LogP contribution in [0.5, 0.6) is 0 Å². The van der Waals surface area contributed by atoms with E-state index >= 15 is 0 Å². The number of hydrogen-bond acceptors (Lipinski definition) is 3. The molecule has 0 unspecified atom stereocenters. The van der Waals surface area contributed by atoms with Crippen molar-refractivity contribution in [2.24, 2.45) is 5.73 Å². The highest BCUT2D eigenvalue weighted by molar-refractivity contribution is 7.86. The first-order valence-corrected chi connectivity index (χ1v) is 8.16. The minimum absolute atomic E-state index is 0.0928. The maximum Gasteiger partial charge on any atom is 0.282 e. The molecule has 1 rings (SSSR count). The molecule has 0 fully saturated rings. The van der Waals surface area contributed by atoms with Crippen LogP contribution in [-0.4, -0.2) is 43.7 Å². The molecule has 6 heteroatoms. The van der Waals surface area contributed by atoms with Gasteiger partial charge in [0.05, 0.1) is 6.54 Å². The summed E-state index contributed by atoms with van der Waals surface area (Å²) in [5.41, 5.74) is 7.05. The van der Waals surface area contributed by atoms with Gasteiger partial charge in [-0.3, -0.25) is 0 Å². The van der Waals surface area contributed by atoms with E-state index in [9.17, 15) is 8.42 Å². The van der Waals surface area contributed by atoms with Gasteiger partial charge in [-0.1, -0.05) is 30.0 Å². The second-order valence-electron chi connectivity index (χ2n) is 5.04. The molecule has 0 aliphatic carbocycles. The highest BCUT2D eigenvalue weighted by atomic mass is 32.2. The van der Waals surface area contributed by atoms with Crippen LogP contribution in [0.25, 0.3) is 0 Å². The van der Waals surface area contributed by atoms with Gasteiger partial charge < -0.3 is 5.73 Å². The van der Waals surface area contributed by atoms with E-state index in [0.717, 1.165) is 11.1 Å². The standard InChI is InChI=1S/C15H23N3O2S/c1-13(2)18(4)21(19,20)17(3)12-15-9-6-5-8-14(15)10-7-11-16/h5-6,8-9,13H,11-12,16H2,1-4H3. The summed E-state index contributed by atoms with van der Waals surface area (Å²) in [7, 11) is -0.329. The molecule has 2 N–H and O–H groups in total. The van der Waals surface area contributed by atoms with Crippen molar-refractivity contribution in [1.29, 1.82) is 0 Å². The SMILES string of the molecule is CC(C)N(C)S(=O)(=O)N(C)Cc1ccccc1C#CCN. The number of nitrogens with two attached hydrogens (primary N) is 1. The number of nitrogens with zero attached hydrogens (tertiary/aromatic N) is 2. The highest BCUT2D eigenvalue weighted by Gasteiger charge is 2.25. The molecule has 0 aromatic heterocycles. The van der Waals surface area contributed by atoms with Gasteiger partial charge in [0.1, 0.15) is 0 Å². The molecule has 1 aromatic carbocycles. The molecule has 1 aromatic rings. The van der Waals surface area contributed by atoms with E-state index < -0.39 is 10.2 Å². The summed E-state index contributed by atoms with van der Waals surface area (Å²) in [6, 6.07) is 7.39. The van der Waals surface area contributed by atoms with E-state index in [0.29, 0.717) is 0 Å². The molecular weight excluding hydrogens is 286 g/mol. The van der Waals surface area contributed by atoms with E-state index in [1.54, 1.807) is 14.1 Å². The highest BCUT2D eigenvalue weighted by Crippen LogP contribution is 2.15. The Morgan fingerprint density at radius 1 is 1.24 bits per heavy atom. The molecule has 0 aliphatic heterocycles. The number of rotatable bonds is 5. The topological polar surface area (TPSA) is 66.6 Å². The van der Waals surface area contributed by atoms with Crippen molar-refractivity contribution in [1.82, 2.24) is 8.61 Å². The molecule has 0 bridgehead atoms. The van der Waals surface area contributed by atoms with Gasteiger partial charge in [0, 0.05) is 32.2 Å². The van der Waals surface area contributed by atoms with Gasteiger partial charge in [0.25, 0.3) is 10.2 Å². The van der Waals surface area contributed by atoms with Crippen molar-refractivity contribution in [3.63, 3.8) is 0 Å². The van der Waals surface area contributed by atoms with Crippen LogP contribution in [0.3, 0.4) is 0 Å². The van der Waals surface area contributed by atoms with E-state index in [-0.39, 0.29) is 19.1 Å². The summed E-state index contributed by atoms with van der Waals surface area (Å²) in [5, 5.41) is 0. The molecule has 5 nitrogen and oxygen atoms in total. The Kier molecular flexibility index (Phi) is 6.37. The zero-order chi connectivity index (χ0) is 16.0. The molecule has 0 atom stereocenters. The van der Waals surface area contributed by atoms with Gasteiger partial charge in [-0.15, -0.1) is 0 Å². The predicted molar refractivity (Wildman–Crippen MR) is 85.7 cm³/mol. The zero-order valence-electron chi connectivity index (χ0n) is 13.0. The number of benzene rings is 1. The van der Waals surface area contributed by atoms with E-state index in [1.165, 1.54) is 8.61 Å². The van der Waals surface area contributed by atoms with E-state index in [1.807, 2.05) is 38.1 Å². The van der Waals surface area contributed by atoms with Crippen molar-refractivity contribution >= 4 is 10.2 Å². The molecule has 0 saturated heterocycles. The molecule has 116 valence electrons. The minimum atomic E-state index is -3.48. The van der Waals surface area contributed by atoms with Crippen molar-refractivity contribution in [2.75, 3.05) is 20.6 Å². The molecule has 21 heavy (non-hydrogen) atoms. The monoisotopic (exact) mass is 309 g/mol. The fourth-order valence-electron chi connectivity index (χ4n) is 1.73. The zero-order valence-corrected chi connectivity index (χ0v) is 13.8. The van der Waals surface area contributed by atoms with Crippen LogP contribution >= 0.6 is 0 Å².